The quantitative estimate of drug-likeness (QED) is 0.241. The van der Waals surface area contributed by atoms with Gasteiger partial charge in [-0.15, -0.1) is 0 Å². The molecular formula is C23H15ClINO2S2. The molecule has 1 aliphatic rings. The Kier molecular flexibility index (Phi) is 6.87. The first-order chi connectivity index (χ1) is 14.5. The summed E-state index contributed by atoms with van der Waals surface area (Å²) >= 11 is 10.8. The van der Waals surface area contributed by atoms with Crippen LogP contribution in [0.15, 0.2) is 87.5 Å². The van der Waals surface area contributed by atoms with Crippen molar-refractivity contribution in [3.05, 3.63) is 97.4 Å². The van der Waals surface area contributed by atoms with Gasteiger partial charge in [-0.1, -0.05) is 53.7 Å². The van der Waals surface area contributed by atoms with Gasteiger partial charge in [-0.05, 0) is 94.0 Å². The van der Waals surface area contributed by atoms with Crippen molar-refractivity contribution in [3.8, 4) is 0 Å². The van der Waals surface area contributed by atoms with Gasteiger partial charge in [0.2, 0.25) is 0 Å². The minimum atomic E-state index is -0.255. The summed E-state index contributed by atoms with van der Waals surface area (Å²) < 4.78 is 1.11. The molecule has 3 aromatic rings. The molecule has 0 aliphatic carbocycles. The summed E-state index contributed by atoms with van der Waals surface area (Å²) in [5.41, 5.74) is 1.83. The molecule has 1 heterocycles. The lowest BCUT2D eigenvalue weighted by atomic mass is 10.2. The third kappa shape index (κ3) is 5.11. The number of hydrogen-bond acceptors (Lipinski definition) is 4. The van der Waals surface area contributed by atoms with E-state index in [4.69, 9.17) is 11.6 Å². The molecule has 150 valence electrons. The molecule has 1 aliphatic heterocycles. The van der Waals surface area contributed by atoms with E-state index >= 15 is 0 Å². The van der Waals surface area contributed by atoms with Gasteiger partial charge in [0.15, 0.2) is 0 Å². The summed E-state index contributed by atoms with van der Waals surface area (Å²) in [5, 5.41) is 0.446. The van der Waals surface area contributed by atoms with Crippen LogP contribution in [0.4, 0.5) is 4.79 Å². The number of halogens is 2. The molecule has 30 heavy (non-hydrogen) atoms. The van der Waals surface area contributed by atoms with Crippen LogP contribution >= 0.6 is 57.7 Å². The van der Waals surface area contributed by atoms with Gasteiger partial charge in [-0.2, -0.15) is 0 Å². The van der Waals surface area contributed by atoms with E-state index in [-0.39, 0.29) is 17.7 Å². The highest BCUT2D eigenvalue weighted by Crippen LogP contribution is 2.37. The minimum absolute atomic E-state index is 0.243. The average molecular weight is 564 g/mol. The molecule has 0 radical (unpaired) electrons. The molecular weight excluding hydrogens is 549 g/mol. The van der Waals surface area contributed by atoms with Gasteiger partial charge in [-0.3, -0.25) is 14.5 Å². The number of nitrogens with zero attached hydrogens (tertiary/aromatic N) is 1. The molecule has 1 saturated heterocycles. The van der Waals surface area contributed by atoms with Crippen LogP contribution in [-0.4, -0.2) is 16.0 Å². The van der Waals surface area contributed by atoms with Gasteiger partial charge in [0, 0.05) is 18.4 Å². The van der Waals surface area contributed by atoms with Crippen molar-refractivity contribution in [2.45, 2.75) is 16.3 Å². The molecule has 0 unspecified atom stereocenters. The zero-order valence-corrected chi connectivity index (χ0v) is 20.1. The Morgan fingerprint density at radius 2 is 1.67 bits per heavy atom. The van der Waals surface area contributed by atoms with E-state index in [0.717, 1.165) is 36.2 Å². The summed E-state index contributed by atoms with van der Waals surface area (Å²) in [4.78, 5) is 29.2. The predicted octanol–water partition coefficient (Wildman–Crippen LogP) is 7.33. The van der Waals surface area contributed by atoms with Crippen molar-refractivity contribution in [1.29, 1.82) is 0 Å². The van der Waals surface area contributed by atoms with Crippen LogP contribution in [0.5, 0.6) is 0 Å². The highest BCUT2D eigenvalue weighted by atomic mass is 127. The van der Waals surface area contributed by atoms with Crippen LogP contribution < -0.4 is 0 Å². The fraction of sp³-hybridized carbons (Fsp3) is 0.0435. The van der Waals surface area contributed by atoms with Crippen molar-refractivity contribution in [3.63, 3.8) is 0 Å². The molecule has 1 fully saturated rings. The number of rotatable bonds is 5. The van der Waals surface area contributed by atoms with E-state index in [1.807, 2.05) is 72.8 Å². The summed E-state index contributed by atoms with van der Waals surface area (Å²) in [6.45, 7) is 0.278. The largest absolute Gasteiger partial charge is 0.293 e. The number of imide groups is 1. The third-order valence-corrected chi connectivity index (χ3v) is 7.35. The summed E-state index contributed by atoms with van der Waals surface area (Å²) in [5.74, 6) is -0.255. The van der Waals surface area contributed by atoms with Crippen LogP contribution in [0.3, 0.4) is 0 Å². The molecule has 0 spiro atoms. The standard InChI is InChI=1S/C23H15ClINO2S2/c24-17-7-11-19(12-8-17)29-20-4-2-1-3-16(20)13-21-22(27)26(23(28)30-21)14-15-5-9-18(25)10-6-15/h1-13H,14H2/b21-13-. The molecule has 0 atom stereocenters. The fourth-order valence-corrected chi connectivity index (χ4v) is 5.10. The first-order valence-corrected chi connectivity index (χ1v) is 12.1. The van der Waals surface area contributed by atoms with E-state index < -0.39 is 0 Å². The zero-order chi connectivity index (χ0) is 21.1. The van der Waals surface area contributed by atoms with E-state index in [2.05, 4.69) is 22.6 Å². The Morgan fingerprint density at radius 1 is 0.967 bits per heavy atom. The lowest BCUT2D eigenvalue weighted by Crippen LogP contribution is -2.27. The van der Waals surface area contributed by atoms with Crippen LogP contribution in [-0.2, 0) is 11.3 Å². The Bertz CT molecular complexity index is 1130. The normalized spacial score (nSPS) is 15.3. The molecule has 0 saturated carbocycles. The summed E-state index contributed by atoms with van der Waals surface area (Å²) in [6, 6.07) is 23.3. The Labute approximate surface area is 202 Å². The average Bonchev–Trinajstić information content (AvgIpc) is 3.00. The topological polar surface area (TPSA) is 37.4 Å². The zero-order valence-electron chi connectivity index (χ0n) is 15.5. The van der Waals surface area contributed by atoms with Gasteiger partial charge >= 0.3 is 0 Å². The maximum atomic E-state index is 12.9. The fourth-order valence-electron chi connectivity index (χ4n) is 2.87. The minimum Gasteiger partial charge on any atom is -0.268 e. The molecule has 3 nitrogen and oxygen atoms in total. The summed E-state index contributed by atoms with van der Waals surface area (Å²) in [7, 11) is 0. The Hall–Kier alpha value is -1.74. The van der Waals surface area contributed by atoms with Gasteiger partial charge in [0.25, 0.3) is 11.1 Å². The van der Waals surface area contributed by atoms with Crippen LogP contribution in [0.25, 0.3) is 6.08 Å². The maximum Gasteiger partial charge on any atom is 0.293 e. The van der Waals surface area contributed by atoms with Gasteiger partial charge in [-0.25, -0.2) is 0 Å². The van der Waals surface area contributed by atoms with Crippen LogP contribution in [0, 0.1) is 3.57 Å². The Balaban J connectivity index is 1.56. The number of carbonyl (C=O) groups excluding carboxylic acids is 2. The maximum absolute atomic E-state index is 12.9. The lowest BCUT2D eigenvalue weighted by molar-refractivity contribution is -0.123. The first-order valence-electron chi connectivity index (χ1n) is 9.02. The van der Waals surface area contributed by atoms with E-state index in [1.54, 1.807) is 17.8 Å². The molecule has 3 aromatic carbocycles. The van der Waals surface area contributed by atoms with Gasteiger partial charge in [0.1, 0.15) is 0 Å². The second-order valence-electron chi connectivity index (χ2n) is 6.49. The highest BCUT2D eigenvalue weighted by molar-refractivity contribution is 14.1. The third-order valence-electron chi connectivity index (χ3n) is 4.37. The van der Waals surface area contributed by atoms with Gasteiger partial charge in [0.05, 0.1) is 11.4 Å². The van der Waals surface area contributed by atoms with E-state index in [9.17, 15) is 9.59 Å². The monoisotopic (exact) mass is 563 g/mol. The molecule has 7 heteroatoms. The van der Waals surface area contributed by atoms with Crippen molar-refractivity contribution in [2.75, 3.05) is 0 Å². The predicted molar refractivity (Wildman–Crippen MR) is 133 cm³/mol. The van der Waals surface area contributed by atoms with Crippen molar-refractivity contribution < 1.29 is 9.59 Å². The summed E-state index contributed by atoms with van der Waals surface area (Å²) in [6.07, 6.45) is 1.80. The number of benzene rings is 3. The van der Waals surface area contributed by atoms with Crippen molar-refractivity contribution >= 4 is 74.9 Å². The number of amides is 2. The molecule has 0 N–H and O–H groups in total. The number of carbonyl (C=O) groups is 2. The molecule has 0 aromatic heterocycles. The lowest BCUT2D eigenvalue weighted by Gasteiger charge is -2.12. The number of hydrogen-bond donors (Lipinski definition) is 0. The molecule has 2 amide bonds. The van der Waals surface area contributed by atoms with E-state index in [1.165, 1.54) is 4.90 Å². The molecule has 0 bridgehead atoms. The molecule has 4 rings (SSSR count). The second-order valence-corrected chi connectivity index (χ2v) is 10.3. The van der Waals surface area contributed by atoms with Crippen molar-refractivity contribution in [1.82, 2.24) is 4.90 Å². The Morgan fingerprint density at radius 3 is 2.40 bits per heavy atom. The smallest absolute Gasteiger partial charge is 0.268 e. The SMILES string of the molecule is O=C1S/C(=C\c2ccccc2Sc2ccc(Cl)cc2)C(=O)N1Cc1ccc(I)cc1. The van der Waals surface area contributed by atoms with Crippen molar-refractivity contribution in [2.24, 2.45) is 0 Å². The van der Waals surface area contributed by atoms with Gasteiger partial charge < -0.3 is 0 Å². The second kappa shape index (κ2) is 9.60. The first kappa shape index (κ1) is 21.5. The number of thioether (sulfide) groups is 1. The van der Waals surface area contributed by atoms with Crippen LogP contribution in [0.2, 0.25) is 5.02 Å². The van der Waals surface area contributed by atoms with E-state index in [0.29, 0.717) is 9.93 Å². The highest BCUT2D eigenvalue weighted by Gasteiger charge is 2.35. The van der Waals surface area contributed by atoms with Crippen LogP contribution in [0.1, 0.15) is 11.1 Å².